The van der Waals surface area contributed by atoms with Gasteiger partial charge < -0.3 is 9.64 Å². The van der Waals surface area contributed by atoms with E-state index in [1.165, 1.54) is 12.1 Å². The molecule has 2 aromatic rings. The number of aryl methyl sites for hydroxylation is 1. The van der Waals surface area contributed by atoms with Crippen LogP contribution in [0.1, 0.15) is 32.8 Å². The highest BCUT2D eigenvalue weighted by Crippen LogP contribution is 2.39. The minimum Gasteiger partial charge on any atom is -0.490 e. The number of benzene rings is 2. The predicted molar refractivity (Wildman–Crippen MR) is 120 cm³/mol. The van der Waals surface area contributed by atoms with Crippen molar-refractivity contribution in [3.8, 4) is 5.75 Å². The number of hydrogen-bond acceptors (Lipinski definition) is 4. The van der Waals surface area contributed by atoms with Crippen molar-refractivity contribution >= 4 is 50.5 Å². The lowest BCUT2D eigenvalue weighted by Gasteiger charge is -2.27. The summed E-state index contributed by atoms with van der Waals surface area (Å²) in [7, 11) is -3.95. The first-order valence-corrected chi connectivity index (χ1v) is 11.8. The van der Waals surface area contributed by atoms with Crippen LogP contribution in [0, 0.1) is 12.3 Å². The number of nitrogens with zero attached hydrogens (tertiary/aromatic N) is 1. The van der Waals surface area contributed by atoms with Crippen LogP contribution in [0.15, 0.2) is 35.2 Å². The number of ether oxygens (including phenoxy) is 1. The van der Waals surface area contributed by atoms with Crippen LogP contribution in [0.5, 0.6) is 5.75 Å². The van der Waals surface area contributed by atoms with Gasteiger partial charge in [0.25, 0.3) is 10.0 Å². The summed E-state index contributed by atoms with van der Waals surface area (Å²) in [5.74, 6) is 0.417. The second-order valence-corrected chi connectivity index (χ2v) is 10.4. The molecule has 2 aromatic carbocycles. The summed E-state index contributed by atoms with van der Waals surface area (Å²) in [5.41, 5.74) is 0.835. The van der Waals surface area contributed by atoms with E-state index in [1.54, 1.807) is 30.0 Å². The predicted octanol–water partition coefficient (Wildman–Crippen LogP) is 5.26. The fraction of sp³-hybridized carbons (Fsp3) is 0.381. The summed E-state index contributed by atoms with van der Waals surface area (Å²) >= 11 is 12.1. The molecule has 0 bridgehead atoms. The fourth-order valence-electron chi connectivity index (χ4n) is 3.20. The SMILES string of the molecule is CCCN1C(=O)C(C)(C)COc2cc(NS(=O)(=O)c3cc(C)c(Cl)cc3Cl)ccc21. The molecule has 0 saturated heterocycles. The van der Waals surface area contributed by atoms with E-state index >= 15 is 0 Å². The second kappa shape index (κ2) is 8.29. The molecule has 0 atom stereocenters. The highest BCUT2D eigenvalue weighted by molar-refractivity contribution is 7.92. The number of anilines is 2. The van der Waals surface area contributed by atoms with Crippen molar-refractivity contribution in [3.63, 3.8) is 0 Å². The molecule has 0 aliphatic carbocycles. The molecule has 0 unspecified atom stereocenters. The van der Waals surface area contributed by atoms with E-state index < -0.39 is 15.4 Å². The molecule has 1 aliphatic rings. The van der Waals surface area contributed by atoms with Crippen LogP contribution in [-0.4, -0.2) is 27.5 Å². The van der Waals surface area contributed by atoms with Crippen LogP contribution in [0.3, 0.4) is 0 Å². The van der Waals surface area contributed by atoms with Crippen molar-refractivity contribution in [2.24, 2.45) is 5.41 Å². The van der Waals surface area contributed by atoms with Crippen molar-refractivity contribution in [2.45, 2.75) is 39.0 Å². The Morgan fingerprint density at radius 1 is 1.17 bits per heavy atom. The first-order chi connectivity index (χ1) is 14.0. The maximum Gasteiger partial charge on any atom is 0.263 e. The molecular formula is C21H24Cl2N2O4S. The monoisotopic (exact) mass is 470 g/mol. The maximum atomic E-state index is 12.9. The van der Waals surface area contributed by atoms with Gasteiger partial charge in [0.1, 0.15) is 17.3 Å². The number of sulfonamides is 1. The van der Waals surface area contributed by atoms with Gasteiger partial charge in [-0.3, -0.25) is 9.52 Å². The zero-order valence-electron chi connectivity index (χ0n) is 17.3. The third kappa shape index (κ3) is 4.38. The zero-order chi connectivity index (χ0) is 22.3. The van der Waals surface area contributed by atoms with Crippen molar-refractivity contribution < 1.29 is 17.9 Å². The summed E-state index contributed by atoms with van der Waals surface area (Å²) in [4.78, 5) is 14.6. The number of nitrogens with one attached hydrogen (secondary N) is 1. The highest BCUT2D eigenvalue weighted by atomic mass is 35.5. The maximum absolute atomic E-state index is 12.9. The fourth-order valence-corrected chi connectivity index (χ4v) is 5.09. The Kier molecular flexibility index (Phi) is 6.28. The molecular weight excluding hydrogens is 447 g/mol. The van der Waals surface area contributed by atoms with Crippen molar-refractivity contribution in [1.29, 1.82) is 0 Å². The molecule has 0 spiro atoms. The summed E-state index contributed by atoms with van der Waals surface area (Å²) in [6, 6.07) is 7.71. The number of hydrogen-bond donors (Lipinski definition) is 1. The van der Waals surface area contributed by atoms with E-state index in [2.05, 4.69) is 4.72 Å². The van der Waals surface area contributed by atoms with Gasteiger partial charge in [0, 0.05) is 17.6 Å². The van der Waals surface area contributed by atoms with E-state index in [1.807, 2.05) is 20.8 Å². The van der Waals surface area contributed by atoms with Gasteiger partial charge in [-0.1, -0.05) is 30.1 Å². The van der Waals surface area contributed by atoms with E-state index in [0.717, 1.165) is 6.42 Å². The van der Waals surface area contributed by atoms with Crippen LogP contribution in [0.2, 0.25) is 10.0 Å². The molecule has 6 nitrogen and oxygen atoms in total. The van der Waals surface area contributed by atoms with Gasteiger partial charge in [-0.2, -0.15) is 0 Å². The highest BCUT2D eigenvalue weighted by Gasteiger charge is 2.37. The number of carbonyl (C=O) groups is 1. The van der Waals surface area contributed by atoms with Crippen molar-refractivity contribution in [3.05, 3.63) is 45.9 Å². The molecule has 1 aliphatic heterocycles. The Bertz CT molecular complexity index is 1100. The Morgan fingerprint density at radius 3 is 2.53 bits per heavy atom. The molecule has 0 radical (unpaired) electrons. The molecule has 0 aromatic heterocycles. The summed E-state index contributed by atoms with van der Waals surface area (Å²) in [5, 5.41) is 0.422. The topological polar surface area (TPSA) is 75.7 Å². The number of fused-ring (bicyclic) bond motifs is 1. The molecule has 30 heavy (non-hydrogen) atoms. The smallest absolute Gasteiger partial charge is 0.263 e. The van der Waals surface area contributed by atoms with Gasteiger partial charge in [-0.05, 0) is 57.0 Å². The largest absolute Gasteiger partial charge is 0.490 e. The van der Waals surface area contributed by atoms with E-state index in [0.29, 0.717) is 34.3 Å². The van der Waals surface area contributed by atoms with Gasteiger partial charge in [-0.25, -0.2) is 8.42 Å². The van der Waals surface area contributed by atoms with Gasteiger partial charge in [0.2, 0.25) is 5.91 Å². The first-order valence-electron chi connectivity index (χ1n) is 9.53. The lowest BCUT2D eigenvalue weighted by atomic mass is 9.93. The third-order valence-corrected chi connectivity index (χ3v) is 7.12. The molecule has 9 heteroatoms. The standard InChI is InChI=1S/C21H24Cl2N2O4S/c1-5-8-25-17-7-6-14(10-18(17)29-12-21(3,4)20(25)26)24-30(27,28)19-9-13(2)15(22)11-16(19)23/h6-7,9-11,24H,5,8,12H2,1-4H3. The summed E-state index contributed by atoms with van der Waals surface area (Å²) < 4.78 is 34.2. The van der Waals surface area contributed by atoms with Crippen LogP contribution in [-0.2, 0) is 14.8 Å². The average molecular weight is 471 g/mol. The van der Waals surface area contributed by atoms with E-state index in [9.17, 15) is 13.2 Å². The minimum atomic E-state index is -3.95. The summed E-state index contributed by atoms with van der Waals surface area (Å²) in [6.07, 6.45) is 0.782. The minimum absolute atomic E-state index is 0.0279. The Balaban J connectivity index is 1.98. The van der Waals surface area contributed by atoms with Crippen molar-refractivity contribution in [2.75, 3.05) is 22.8 Å². The molecule has 1 heterocycles. The van der Waals surface area contributed by atoms with Gasteiger partial charge in [0.15, 0.2) is 0 Å². The quantitative estimate of drug-likeness (QED) is 0.645. The molecule has 0 fully saturated rings. The Labute approximate surface area is 187 Å². The number of carbonyl (C=O) groups excluding carboxylic acids is 1. The number of rotatable bonds is 5. The van der Waals surface area contributed by atoms with Crippen LogP contribution >= 0.6 is 23.2 Å². The van der Waals surface area contributed by atoms with E-state index in [-0.39, 0.29) is 22.4 Å². The number of halogens is 2. The Hall–Kier alpha value is -1.96. The lowest BCUT2D eigenvalue weighted by molar-refractivity contribution is -0.127. The summed E-state index contributed by atoms with van der Waals surface area (Å²) in [6.45, 7) is 8.10. The normalized spacial score (nSPS) is 15.9. The Morgan fingerprint density at radius 2 is 1.87 bits per heavy atom. The van der Waals surface area contributed by atoms with Crippen LogP contribution in [0.4, 0.5) is 11.4 Å². The van der Waals surface area contributed by atoms with Gasteiger partial charge in [-0.15, -0.1) is 0 Å². The van der Waals surface area contributed by atoms with Gasteiger partial charge >= 0.3 is 0 Å². The molecule has 0 saturated carbocycles. The third-order valence-electron chi connectivity index (χ3n) is 4.87. The van der Waals surface area contributed by atoms with Crippen LogP contribution in [0.25, 0.3) is 0 Å². The molecule has 3 rings (SSSR count). The molecule has 1 amide bonds. The van der Waals surface area contributed by atoms with Crippen LogP contribution < -0.4 is 14.4 Å². The molecule has 1 N–H and O–H groups in total. The van der Waals surface area contributed by atoms with Crippen molar-refractivity contribution in [1.82, 2.24) is 0 Å². The van der Waals surface area contributed by atoms with Gasteiger partial charge in [0.05, 0.1) is 21.8 Å². The lowest BCUT2D eigenvalue weighted by Crippen LogP contribution is -2.42. The zero-order valence-corrected chi connectivity index (χ0v) is 19.6. The average Bonchev–Trinajstić information content (AvgIpc) is 2.75. The first kappa shape index (κ1) is 22.7. The van der Waals surface area contributed by atoms with E-state index in [4.69, 9.17) is 27.9 Å². The molecule has 162 valence electrons. The second-order valence-electron chi connectivity index (χ2n) is 7.95. The number of amides is 1.